The molecule has 0 bridgehead atoms. The quantitative estimate of drug-likeness (QED) is 0.650. The first-order valence-corrected chi connectivity index (χ1v) is 7.18. The maximum atomic E-state index is 12.2. The van der Waals surface area contributed by atoms with Crippen LogP contribution in [0.4, 0.5) is 5.69 Å². The van der Waals surface area contributed by atoms with Crippen molar-refractivity contribution in [3.8, 4) is 0 Å². The lowest BCUT2D eigenvalue weighted by molar-refractivity contribution is -0.145. The number of fused-ring (bicyclic) bond motifs is 1. The summed E-state index contributed by atoms with van der Waals surface area (Å²) in [4.78, 5) is 12.2. The van der Waals surface area contributed by atoms with Crippen molar-refractivity contribution in [1.82, 2.24) is 0 Å². The summed E-state index contributed by atoms with van der Waals surface area (Å²) in [6, 6.07) is 8.00. The molecule has 1 atom stereocenters. The van der Waals surface area contributed by atoms with E-state index in [0.717, 1.165) is 37.1 Å². The van der Waals surface area contributed by atoms with Gasteiger partial charge in [-0.25, -0.2) is 0 Å². The Morgan fingerprint density at radius 2 is 2.21 bits per heavy atom. The van der Waals surface area contributed by atoms with Crippen molar-refractivity contribution in [3.63, 3.8) is 0 Å². The molecule has 0 spiro atoms. The Morgan fingerprint density at radius 1 is 1.42 bits per heavy atom. The molecule has 0 saturated carbocycles. The van der Waals surface area contributed by atoms with E-state index in [1.807, 2.05) is 24.3 Å². The van der Waals surface area contributed by atoms with Gasteiger partial charge >= 0.3 is 5.97 Å². The van der Waals surface area contributed by atoms with E-state index in [9.17, 15) is 4.79 Å². The molecule has 19 heavy (non-hydrogen) atoms. The molecule has 0 saturated heterocycles. The van der Waals surface area contributed by atoms with Gasteiger partial charge in [-0.1, -0.05) is 32.0 Å². The lowest BCUT2D eigenvalue weighted by Gasteiger charge is -2.25. The Hall–Kier alpha value is -1.51. The number of nitrogens with one attached hydrogen (secondary N) is 1. The number of carbonyl (C=O) groups excluding carboxylic acids is 1. The average Bonchev–Trinajstić information content (AvgIpc) is 2.42. The zero-order valence-electron chi connectivity index (χ0n) is 11.8. The number of hydrogen-bond donors (Lipinski definition) is 1. The lowest BCUT2D eigenvalue weighted by Crippen LogP contribution is -2.24. The number of esters is 1. The van der Waals surface area contributed by atoms with Crippen molar-refractivity contribution in [2.24, 2.45) is 5.92 Å². The van der Waals surface area contributed by atoms with Crippen molar-refractivity contribution < 1.29 is 9.53 Å². The Kier molecular flexibility index (Phi) is 4.83. The summed E-state index contributed by atoms with van der Waals surface area (Å²) >= 11 is 0. The Labute approximate surface area is 115 Å². The van der Waals surface area contributed by atoms with Gasteiger partial charge in [0.25, 0.3) is 0 Å². The Bertz CT molecular complexity index is 429. The normalized spacial score (nSPS) is 17.7. The van der Waals surface area contributed by atoms with Crippen LogP contribution in [0.2, 0.25) is 0 Å². The van der Waals surface area contributed by atoms with E-state index in [0.29, 0.717) is 12.5 Å². The fourth-order valence-electron chi connectivity index (χ4n) is 2.48. The second kappa shape index (κ2) is 6.60. The molecule has 0 fully saturated rings. The van der Waals surface area contributed by atoms with E-state index < -0.39 is 0 Å². The summed E-state index contributed by atoms with van der Waals surface area (Å²) in [5.74, 6) is 0.493. The molecule has 3 heteroatoms. The maximum absolute atomic E-state index is 12.2. The van der Waals surface area contributed by atoms with Crippen LogP contribution >= 0.6 is 0 Å². The monoisotopic (exact) mass is 261 g/mol. The fourth-order valence-corrected chi connectivity index (χ4v) is 2.48. The molecule has 1 aromatic rings. The van der Waals surface area contributed by atoms with E-state index >= 15 is 0 Å². The first-order valence-electron chi connectivity index (χ1n) is 7.18. The zero-order valence-corrected chi connectivity index (χ0v) is 11.8. The van der Waals surface area contributed by atoms with Crippen molar-refractivity contribution >= 4 is 11.7 Å². The third-order valence-electron chi connectivity index (χ3n) is 3.54. The van der Waals surface area contributed by atoms with E-state index in [2.05, 4.69) is 19.2 Å². The molecule has 2 rings (SSSR count). The van der Waals surface area contributed by atoms with Gasteiger partial charge in [-0.05, 0) is 36.8 Å². The van der Waals surface area contributed by atoms with E-state index in [1.54, 1.807) is 0 Å². The summed E-state index contributed by atoms with van der Waals surface area (Å²) in [5, 5.41) is 3.32. The van der Waals surface area contributed by atoms with Crippen molar-refractivity contribution in [2.75, 3.05) is 18.5 Å². The summed E-state index contributed by atoms with van der Waals surface area (Å²) in [7, 11) is 0. The molecule has 1 aliphatic rings. The van der Waals surface area contributed by atoms with Gasteiger partial charge < -0.3 is 10.1 Å². The van der Waals surface area contributed by atoms with Crippen molar-refractivity contribution in [1.29, 1.82) is 0 Å². The number of para-hydroxylation sites is 1. The van der Waals surface area contributed by atoms with Crippen LogP contribution in [0.1, 0.15) is 44.6 Å². The van der Waals surface area contributed by atoms with Crippen LogP contribution in [0.3, 0.4) is 0 Å². The SMILES string of the molecule is CC(C)CCCOC(=O)C1CCNc2ccccc21. The Morgan fingerprint density at radius 3 is 3.00 bits per heavy atom. The molecule has 1 N–H and O–H groups in total. The van der Waals surface area contributed by atoms with E-state index in [-0.39, 0.29) is 11.9 Å². The predicted octanol–water partition coefficient (Wildman–Crippen LogP) is 3.57. The highest BCUT2D eigenvalue weighted by molar-refractivity contribution is 5.81. The molecule has 1 aliphatic heterocycles. The van der Waals surface area contributed by atoms with Gasteiger partial charge in [-0.3, -0.25) is 4.79 Å². The summed E-state index contributed by atoms with van der Waals surface area (Å²) < 4.78 is 5.42. The molecule has 0 amide bonds. The van der Waals surface area contributed by atoms with E-state index in [1.165, 1.54) is 0 Å². The molecule has 1 unspecified atom stereocenters. The van der Waals surface area contributed by atoms with Gasteiger partial charge in [0.2, 0.25) is 0 Å². The highest BCUT2D eigenvalue weighted by atomic mass is 16.5. The second-order valence-electron chi connectivity index (χ2n) is 5.56. The zero-order chi connectivity index (χ0) is 13.7. The van der Waals surface area contributed by atoms with Crippen LogP contribution in [0.15, 0.2) is 24.3 Å². The molecule has 3 nitrogen and oxygen atoms in total. The topological polar surface area (TPSA) is 38.3 Å². The second-order valence-corrected chi connectivity index (χ2v) is 5.56. The van der Waals surface area contributed by atoms with Crippen LogP contribution in [0.25, 0.3) is 0 Å². The number of anilines is 1. The summed E-state index contributed by atoms with van der Waals surface area (Å²) in [6.45, 7) is 5.75. The third-order valence-corrected chi connectivity index (χ3v) is 3.54. The average molecular weight is 261 g/mol. The minimum absolute atomic E-state index is 0.0716. The number of ether oxygens (including phenoxy) is 1. The smallest absolute Gasteiger partial charge is 0.313 e. The largest absolute Gasteiger partial charge is 0.465 e. The number of benzene rings is 1. The minimum Gasteiger partial charge on any atom is -0.465 e. The van der Waals surface area contributed by atoms with Gasteiger partial charge in [-0.15, -0.1) is 0 Å². The molecular formula is C16H23NO2. The predicted molar refractivity (Wildman–Crippen MR) is 77.3 cm³/mol. The van der Waals surface area contributed by atoms with Crippen LogP contribution in [-0.4, -0.2) is 19.1 Å². The molecule has 0 radical (unpaired) electrons. The fraction of sp³-hybridized carbons (Fsp3) is 0.562. The number of hydrogen-bond acceptors (Lipinski definition) is 3. The molecule has 0 aliphatic carbocycles. The lowest BCUT2D eigenvalue weighted by atomic mass is 9.91. The Balaban J connectivity index is 1.90. The first kappa shape index (κ1) is 13.9. The standard InChI is InChI=1S/C16H23NO2/c1-12(2)6-5-11-19-16(18)14-9-10-17-15-8-4-3-7-13(14)15/h3-4,7-8,12,14,17H,5-6,9-11H2,1-2H3. The molecule has 1 aromatic carbocycles. The van der Waals surface area contributed by atoms with Gasteiger partial charge in [0.15, 0.2) is 0 Å². The first-order chi connectivity index (χ1) is 9.18. The molecule has 104 valence electrons. The van der Waals surface area contributed by atoms with Crippen LogP contribution in [0.5, 0.6) is 0 Å². The number of rotatable bonds is 5. The highest BCUT2D eigenvalue weighted by Crippen LogP contribution is 2.32. The maximum Gasteiger partial charge on any atom is 0.313 e. The van der Waals surface area contributed by atoms with Crippen molar-refractivity contribution in [2.45, 2.75) is 39.0 Å². The van der Waals surface area contributed by atoms with Crippen molar-refractivity contribution in [3.05, 3.63) is 29.8 Å². The summed E-state index contributed by atoms with van der Waals surface area (Å²) in [5.41, 5.74) is 2.14. The van der Waals surface area contributed by atoms with Crippen LogP contribution in [-0.2, 0) is 9.53 Å². The third kappa shape index (κ3) is 3.72. The summed E-state index contributed by atoms with van der Waals surface area (Å²) in [6.07, 6.45) is 2.88. The molecular weight excluding hydrogens is 238 g/mol. The van der Waals surface area contributed by atoms with Gasteiger partial charge in [0, 0.05) is 12.2 Å². The number of carbonyl (C=O) groups is 1. The molecule has 1 heterocycles. The van der Waals surface area contributed by atoms with Gasteiger partial charge in [0.1, 0.15) is 0 Å². The van der Waals surface area contributed by atoms with Gasteiger partial charge in [-0.2, -0.15) is 0 Å². The highest BCUT2D eigenvalue weighted by Gasteiger charge is 2.27. The van der Waals surface area contributed by atoms with Crippen LogP contribution in [0, 0.1) is 5.92 Å². The minimum atomic E-state index is -0.100. The van der Waals surface area contributed by atoms with E-state index in [4.69, 9.17) is 4.74 Å². The van der Waals surface area contributed by atoms with Crippen LogP contribution < -0.4 is 5.32 Å². The molecule has 0 aromatic heterocycles. The van der Waals surface area contributed by atoms with Gasteiger partial charge in [0.05, 0.1) is 12.5 Å².